The lowest BCUT2D eigenvalue weighted by Gasteiger charge is -2.09. The summed E-state index contributed by atoms with van der Waals surface area (Å²) < 4.78 is 0. The van der Waals surface area contributed by atoms with Crippen LogP contribution in [0.3, 0.4) is 0 Å². The summed E-state index contributed by atoms with van der Waals surface area (Å²) in [4.78, 5) is 3.26. The topological polar surface area (TPSA) is 27.8 Å². The van der Waals surface area contributed by atoms with Crippen LogP contribution in [0, 0.1) is 0 Å². The van der Waals surface area contributed by atoms with E-state index >= 15 is 0 Å². The van der Waals surface area contributed by atoms with E-state index in [9.17, 15) is 0 Å². The maximum atomic E-state index is 3.42. The van der Waals surface area contributed by atoms with Gasteiger partial charge < -0.3 is 10.3 Å². The summed E-state index contributed by atoms with van der Waals surface area (Å²) in [6.45, 7) is 2.29. The highest BCUT2D eigenvalue weighted by Gasteiger charge is 2.18. The van der Waals surface area contributed by atoms with Gasteiger partial charge in [-0.3, -0.25) is 0 Å². The van der Waals surface area contributed by atoms with Gasteiger partial charge in [-0.2, -0.15) is 0 Å². The number of hydrogen-bond acceptors (Lipinski definition) is 1. The van der Waals surface area contributed by atoms with Crippen LogP contribution in [0.1, 0.15) is 17.9 Å². The predicted octanol–water partition coefficient (Wildman–Crippen LogP) is 2.24. The van der Waals surface area contributed by atoms with Crippen molar-refractivity contribution in [3.8, 4) is 0 Å². The minimum atomic E-state index is 0.703. The average Bonchev–Trinajstić information content (AvgIpc) is 2.88. The van der Waals surface area contributed by atoms with Crippen LogP contribution < -0.4 is 5.32 Å². The van der Waals surface area contributed by atoms with E-state index in [0.717, 1.165) is 13.1 Å². The molecule has 2 heteroatoms. The fraction of sp³-hybridized carbons (Fsp3) is 0.333. The molecule has 1 fully saturated rings. The Labute approximate surface area is 83.3 Å². The fourth-order valence-corrected chi connectivity index (χ4v) is 2.39. The molecular formula is C12H14N2. The van der Waals surface area contributed by atoms with Crippen LogP contribution in [0.5, 0.6) is 0 Å². The van der Waals surface area contributed by atoms with Crippen molar-refractivity contribution >= 4 is 10.9 Å². The Morgan fingerprint density at radius 3 is 3.07 bits per heavy atom. The van der Waals surface area contributed by atoms with Crippen LogP contribution >= 0.6 is 0 Å². The summed E-state index contributed by atoms with van der Waals surface area (Å²) in [6.07, 6.45) is 3.29. The SMILES string of the molecule is c1cc(C2CCNC2)c2cc[nH]c2c1. The Hall–Kier alpha value is -1.28. The van der Waals surface area contributed by atoms with Gasteiger partial charge in [-0.15, -0.1) is 0 Å². The standard InChI is InChI=1S/C12H14N2/c1-2-10(9-4-6-13-8-9)11-5-7-14-12(11)3-1/h1-3,5,7,9,13-14H,4,6,8H2. The van der Waals surface area contributed by atoms with Crippen molar-refractivity contribution in [1.29, 1.82) is 0 Å². The minimum Gasteiger partial charge on any atom is -0.361 e. The van der Waals surface area contributed by atoms with Gasteiger partial charge in [0.1, 0.15) is 0 Å². The molecule has 1 aromatic carbocycles. The summed E-state index contributed by atoms with van der Waals surface area (Å²) in [5.41, 5.74) is 2.75. The van der Waals surface area contributed by atoms with E-state index < -0.39 is 0 Å². The van der Waals surface area contributed by atoms with Crippen LogP contribution in [0.2, 0.25) is 0 Å². The van der Waals surface area contributed by atoms with E-state index in [-0.39, 0.29) is 0 Å². The van der Waals surface area contributed by atoms with Gasteiger partial charge in [0.05, 0.1) is 0 Å². The summed E-state index contributed by atoms with van der Waals surface area (Å²) >= 11 is 0. The molecule has 0 radical (unpaired) electrons. The zero-order chi connectivity index (χ0) is 9.38. The summed E-state index contributed by atoms with van der Waals surface area (Å²) in [5.74, 6) is 0.703. The van der Waals surface area contributed by atoms with Gasteiger partial charge in [-0.25, -0.2) is 0 Å². The van der Waals surface area contributed by atoms with Crippen molar-refractivity contribution in [3.63, 3.8) is 0 Å². The van der Waals surface area contributed by atoms with E-state index in [1.54, 1.807) is 0 Å². The Morgan fingerprint density at radius 2 is 2.21 bits per heavy atom. The number of nitrogens with one attached hydrogen (secondary N) is 2. The zero-order valence-corrected chi connectivity index (χ0v) is 8.09. The number of benzene rings is 1. The molecule has 0 spiro atoms. The quantitative estimate of drug-likeness (QED) is 0.702. The van der Waals surface area contributed by atoms with E-state index in [2.05, 4.69) is 34.6 Å². The average molecular weight is 186 g/mol. The molecular weight excluding hydrogens is 172 g/mol. The smallest absolute Gasteiger partial charge is 0.0456 e. The first-order valence-corrected chi connectivity index (χ1v) is 5.22. The number of rotatable bonds is 1. The lowest BCUT2D eigenvalue weighted by atomic mass is 9.95. The minimum absolute atomic E-state index is 0.703. The maximum absolute atomic E-state index is 3.42. The second-order valence-electron chi connectivity index (χ2n) is 3.98. The summed E-state index contributed by atoms with van der Waals surface area (Å²) in [7, 11) is 0. The monoisotopic (exact) mass is 186 g/mol. The van der Waals surface area contributed by atoms with Crippen molar-refractivity contribution in [2.45, 2.75) is 12.3 Å². The molecule has 3 rings (SSSR count). The Balaban J connectivity index is 2.14. The highest BCUT2D eigenvalue weighted by molar-refractivity contribution is 5.83. The Morgan fingerprint density at radius 1 is 1.21 bits per heavy atom. The van der Waals surface area contributed by atoms with Crippen LogP contribution in [0.4, 0.5) is 0 Å². The molecule has 1 unspecified atom stereocenters. The maximum Gasteiger partial charge on any atom is 0.0456 e. The highest BCUT2D eigenvalue weighted by Crippen LogP contribution is 2.28. The third-order valence-electron chi connectivity index (χ3n) is 3.13. The summed E-state index contributed by atoms with van der Waals surface area (Å²) in [5, 5.41) is 4.81. The van der Waals surface area contributed by atoms with Crippen molar-refractivity contribution in [3.05, 3.63) is 36.0 Å². The largest absolute Gasteiger partial charge is 0.361 e. The zero-order valence-electron chi connectivity index (χ0n) is 8.09. The first kappa shape index (κ1) is 8.06. The number of aromatic amines is 1. The molecule has 2 nitrogen and oxygen atoms in total. The molecule has 0 amide bonds. The predicted molar refractivity (Wildman–Crippen MR) is 58.5 cm³/mol. The van der Waals surface area contributed by atoms with E-state index in [1.165, 1.54) is 22.9 Å². The van der Waals surface area contributed by atoms with E-state index in [1.807, 2.05) is 6.20 Å². The molecule has 72 valence electrons. The second-order valence-corrected chi connectivity index (χ2v) is 3.98. The first-order chi connectivity index (χ1) is 6.95. The molecule has 1 atom stereocenters. The molecule has 2 N–H and O–H groups in total. The van der Waals surface area contributed by atoms with Gasteiger partial charge in [0.2, 0.25) is 0 Å². The van der Waals surface area contributed by atoms with Gasteiger partial charge in [0.15, 0.2) is 0 Å². The highest BCUT2D eigenvalue weighted by atomic mass is 14.9. The summed E-state index contributed by atoms with van der Waals surface area (Å²) in [6, 6.07) is 8.73. The van der Waals surface area contributed by atoms with Gasteiger partial charge >= 0.3 is 0 Å². The molecule has 1 saturated heterocycles. The van der Waals surface area contributed by atoms with E-state index in [4.69, 9.17) is 0 Å². The Kier molecular flexibility index (Phi) is 1.81. The molecule has 2 heterocycles. The fourth-order valence-electron chi connectivity index (χ4n) is 2.39. The molecule has 1 aliphatic heterocycles. The molecule has 14 heavy (non-hydrogen) atoms. The van der Waals surface area contributed by atoms with Crippen LogP contribution in [0.15, 0.2) is 30.5 Å². The van der Waals surface area contributed by atoms with Crippen molar-refractivity contribution in [2.24, 2.45) is 0 Å². The number of hydrogen-bond donors (Lipinski definition) is 2. The molecule has 2 aromatic rings. The van der Waals surface area contributed by atoms with Gasteiger partial charge in [-0.1, -0.05) is 12.1 Å². The third kappa shape index (κ3) is 1.15. The normalized spacial score (nSPS) is 21.9. The molecule has 0 saturated carbocycles. The van der Waals surface area contributed by atoms with Gasteiger partial charge in [0, 0.05) is 23.6 Å². The lowest BCUT2D eigenvalue weighted by molar-refractivity contribution is 0.770. The third-order valence-corrected chi connectivity index (χ3v) is 3.13. The second kappa shape index (κ2) is 3.14. The van der Waals surface area contributed by atoms with Crippen molar-refractivity contribution in [2.75, 3.05) is 13.1 Å². The molecule has 1 aliphatic rings. The number of H-pyrrole nitrogens is 1. The van der Waals surface area contributed by atoms with Crippen LogP contribution in [-0.2, 0) is 0 Å². The van der Waals surface area contributed by atoms with E-state index in [0.29, 0.717) is 5.92 Å². The van der Waals surface area contributed by atoms with Crippen molar-refractivity contribution in [1.82, 2.24) is 10.3 Å². The van der Waals surface area contributed by atoms with Crippen molar-refractivity contribution < 1.29 is 0 Å². The first-order valence-electron chi connectivity index (χ1n) is 5.22. The number of fused-ring (bicyclic) bond motifs is 1. The lowest BCUT2D eigenvalue weighted by Crippen LogP contribution is -2.07. The van der Waals surface area contributed by atoms with Gasteiger partial charge in [0.25, 0.3) is 0 Å². The van der Waals surface area contributed by atoms with Crippen LogP contribution in [-0.4, -0.2) is 18.1 Å². The van der Waals surface area contributed by atoms with Gasteiger partial charge in [-0.05, 0) is 36.6 Å². The van der Waals surface area contributed by atoms with Crippen LogP contribution in [0.25, 0.3) is 10.9 Å². The molecule has 1 aromatic heterocycles. The molecule has 0 bridgehead atoms. The molecule has 0 aliphatic carbocycles. The Bertz CT molecular complexity index is 438. The number of aromatic nitrogens is 1.